The lowest BCUT2D eigenvalue weighted by atomic mass is 10.3. The van der Waals surface area contributed by atoms with Crippen LogP contribution in [0.25, 0.3) is 5.69 Å². The third kappa shape index (κ3) is 2.30. The first kappa shape index (κ1) is 11.4. The van der Waals surface area contributed by atoms with E-state index in [1.54, 1.807) is 17.1 Å². The highest BCUT2D eigenvalue weighted by Crippen LogP contribution is 2.16. The van der Waals surface area contributed by atoms with Crippen molar-refractivity contribution in [3.05, 3.63) is 48.5 Å². The lowest BCUT2D eigenvalue weighted by Crippen LogP contribution is -2.13. The molecule has 19 heavy (non-hydrogen) atoms. The molecule has 1 unspecified atom stereocenters. The van der Waals surface area contributed by atoms with E-state index in [0.29, 0.717) is 5.95 Å². The predicted octanol–water partition coefficient (Wildman–Crippen LogP) is 1.56. The van der Waals surface area contributed by atoms with Gasteiger partial charge in [0.1, 0.15) is 5.82 Å². The van der Waals surface area contributed by atoms with E-state index in [1.165, 1.54) is 0 Å². The normalized spacial score (nSPS) is 12.3. The number of rotatable bonds is 4. The summed E-state index contributed by atoms with van der Waals surface area (Å²) in [5.41, 5.74) is 0.904. The van der Waals surface area contributed by atoms with E-state index in [0.717, 1.165) is 11.5 Å². The number of hydrogen-bond donors (Lipinski definition) is 2. The minimum atomic E-state index is -0.0107. The Morgan fingerprint density at radius 1 is 1.26 bits per heavy atom. The maximum Gasteiger partial charge on any atom is 0.248 e. The fourth-order valence-electron chi connectivity index (χ4n) is 1.80. The van der Waals surface area contributed by atoms with Crippen LogP contribution in [0.2, 0.25) is 0 Å². The number of aromatic nitrogens is 6. The molecule has 0 fully saturated rings. The van der Waals surface area contributed by atoms with Gasteiger partial charge in [-0.15, -0.1) is 0 Å². The summed E-state index contributed by atoms with van der Waals surface area (Å²) in [6, 6.07) is 9.71. The molecule has 2 heterocycles. The molecular formula is C12H13N7. The number of hydrogen-bond acceptors (Lipinski definition) is 5. The van der Waals surface area contributed by atoms with Crippen molar-refractivity contribution in [2.24, 2.45) is 0 Å². The number of benzene rings is 1. The first-order valence-corrected chi connectivity index (χ1v) is 5.94. The van der Waals surface area contributed by atoms with Crippen molar-refractivity contribution in [3.8, 4) is 5.69 Å². The zero-order valence-electron chi connectivity index (χ0n) is 10.4. The van der Waals surface area contributed by atoms with Crippen LogP contribution in [-0.2, 0) is 0 Å². The molecule has 2 aromatic heterocycles. The van der Waals surface area contributed by atoms with Crippen LogP contribution in [0.15, 0.2) is 42.7 Å². The number of aromatic amines is 1. The summed E-state index contributed by atoms with van der Waals surface area (Å²) >= 11 is 0. The third-order valence-electron chi connectivity index (χ3n) is 2.75. The van der Waals surface area contributed by atoms with Crippen molar-refractivity contribution >= 4 is 5.95 Å². The number of H-pyrrole nitrogens is 1. The fourth-order valence-corrected chi connectivity index (χ4v) is 1.80. The molecule has 2 N–H and O–H groups in total. The lowest BCUT2D eigenvalue weighted by molar-refractivity contribution is 0.765. The average molecular weight is 255 g/mol. The van der Waals surface area contributed by atoms with E-state index in [9.17, 15) is 0 Å². The maximum absolute atomic E-state index is 4.20. The zero-order valence-corrected chi connectivity index (χ0v) is 10.4. The van der Waals surface area contributed by atoms with Crippen LogP contribution in [0.1, 0.15) is 18.8 Å². The second-order valence-corrected chi connectivity index (χ2v) is 4.09. The molecule has 0 amide bonds. The second-order valence-electron chi connectivity index (χ2n) is 4.09. The monoisotopic (exact) mass is 255 g/mol. The first-order valence-electron chi connectivity index (χ1n) is 5.94. The van der Waals surface area contributed by atoms with Gasteiger partial charge in [-0.1, -0.05) is 23.3 Å². The molecular weight excluding hydrogens is 242 g/mol. The molecule has 0 saturated heterocycles. The molecule has 0 saturated carbocycles. The highest BCUT2D eigenvalue weighted by atomic mass is 15.6. The van der Waals surface area contributed by atoms with Gasteiger partial charge in [-0.2, -0.15) is 4.68 Å². The molecule has 3 aromatic rings. The van der Waals surface area contributed by atoms with Crippen LogP contribution >= 0.6 is 0 Å². The molecule has 0 aliphatic heterocycles. The van der Waals surface area contributed by atoms with Gasteiger partial charge in [0.25, 0.3) is 0 Å². The Kier molecular flexibility index (Phi) is 2.93. The highest BCUT2D eigenvalue weighted by molar-refractivity contribution is 5.39. The maximum atomic E-state index is 4.20. The Morgan fingerprint density at radius 3 is 2.84 bits per heavy atom. The minimum absolute atomic E-state index is 0.0107. The Morgan fingerprint density at radius 2 is 2.11 bits per heavy atom. The van der Waals surface area contributed by atoms with Crippen molar-refractivity contribution in [1.29, 1.82) is 0 Å². The van der Waals surface area contributed by atoms with Gasteiger partial charge in [-0.05, 0) is 29.5 Å². The molecule has 0 radical (unpaired) electrons. The summed E-state index contributed by atoms with van der Waals surface area (Å²) < 4.78 is 1.65. The smallest absolute Gasteiger partial charge is 0.248 e. The summed E-state index contributed by atoms with van der Waals surface area (Å²) in [6.07, 6.45) is 3.50. The molecule has 96 valence electrons. The molecule has 0 aliphatic rings. The Bertz CT molecular complexity index is 629. The standard InChI is InChI=1S/C12H13N7/c1-9(11-13-7-8-14-11)15-12-16-17-18-19(12)10-5-3-2-4-6-10/h2-9H,1H3,(H,13,14)(H,15,16,18). The predicted molar refractivity (Wildman–Crippen MR) is 69.8 cm³/mol. The molecule has 0 aliphatic carbocycles. The van der Waals surface area contributed by atoms with Gasteiger partial charge < -0.3 is 10.3 Å². The number of nitrogens with zero attached hydrogens (tertiary/aromatic N) is 5. The van der Waals surface area contributed by atoms with Gasteiger partial charge in [0, 0.05) is 12.4 Å². The van der Waals surface area contributed by atoms with Gasteiger partial charge in [0.2, 0.25) is 5.95 Å². The highest BCUT2D eigenvalue weighted by Gasteiger charge is 2.13. The number of para-hydroxylation sites is 1. The van der Waals surface area contributed by atoms with Crippen LogP contribution in [-0.4, -0.2) is 30.2 Å². The van der Waals surface area contributed by atoms with E-state index < -0.39 is 0 Å². The summed E-state index contributed by atoms with van der Waals surface area (Å²) in [6.45, 7) is 1.99. The fraction of sp³-hybridized carbons (Fsp3) is 0.167. The largest absolute Gasteiger partial charge is 0.347 e. The molecule has 0 bridgehead atoms. The van der Waals surface area contributed by atoms with E-state index >= 15 is 0 Å². The van der Waals surface area contributed by atoms with Gasteiger partial charge >= 0.3 is 0 Å². The molecule has 3 rings (SSSR count). The van der Waals surface area contributed by atoms with Crippen LogP contribution in [0.3, 0.4) is 0 Å². The summed E-state index contributed by atoms with van der Waals surface area (Å²) in [4.78, 5) is 7.26. The zero-order chi connectivity index (χ0) is 13.1. The third-order valence-corrected chi connectivity index (χ3v) is 2.75. The van der Waals surface area contributed by atoms with Gasteiger partial charge in [-0.25, -0.2) is 4.98 Å². The van der Waals surface area contributed by atoms with E-state index in [4.69, 9.17) is 0 Å². The molecule has 7 heteroatoms. The van der Waals surface area contributed by atoms with Crippen molar-refractivity contribution in [2.45, 2.75) is 13.0 Å². The van der Waals surface area contributed by atoms with Crippen LogP contribution in [0.4, 0.5) is 5.95 Å². The molecule has 7 nitrogen and oxygen atoms in total. The summed E-state index contributed by atoms with van der Waals surface area (Å²) in [5.74, 6) is 1.41. The van der Waals surface area contributed by atoms with Crippen LogP contribution in [0, 0.1) is 0 Å². The van der Waals surface area contributed by atoms with E-state index in [2.05, 4.69) is 30.8 Å². The lowest BCUT2D eigenvalue weighted by Gasteiger charge is -2.12. The van der Waals surface area contributed by atoms with Crippen molar-refractivity contribution < 1.29 is 0 Å². The second kappa shape index (κ2) is 4.89. The topological polar surface area (TPSA) is 84.3 Å². The van der Waals surface area contributed by atoms with Crippen molar-refractivity contribution in [1.82, 2.24) is 30.2 Å². The van der Waals surface area contributed by atoms with Gasteiger partial charge in [-0.3, -0.25) is 0 Å². The first-order chi connectivity index (χ1) is 9.34. The average Bonchev–Trinajstić information content (AvgIpc) is 3.11. The molecule has 1 atom stereocenters. The number of tetrazole rings is 1. The number of imidazole rings is 1. The summed E-state index contributed by atoms with van der Waals surface area (Å²) in [5, 5.41) is 14.9. The van der Waals surface area contributed by atoms with Crippen molar-refractivity contribution in [2.75, 3.05) is 5.32 Å². The Labute approximate surface area is 109 Å². The minimum Gasteiger partial charge on any atom is -0.347 e. The van der Waals surface area contributed by atoms with Crippen LogP contribution in [0.5, 0.6) is 0 Å². The summed E-state index contributed by atoms with van der Waals surface area (Å²) in [7, 11) is 0. The Hall–Kier alpha value is -2.70. The molecule has 0 spiro atoms. The Balaban J connectivity index is 1.85. The van der Waals surface area contributed by atoms with Crippen molar-refractivity contribution in [3.63, 3.8) is 0 Å². The quantitative estimate of drug-likeness (QED) is 0.739. The van der Waals surface area contributed by atoms with E-state index in [-0.39, 0.29) is 6.04 Å². The van der Waals surface area contributed by atoms with Gasteiger partial charge in [0.05, 0.1) is 11.7 Å². The molecule has 1 aromatic carbocycles. The SMILES string of the molecule is CC(Nc1nnnn1-c1ccccc1)c1ncc[nH]1. The number of nitrogens with one attached hydrogen (secondary N) is 2. The van der Waals surface area contributed by atoms with E-state index in [1.807, 2.05) is 37.3 Å². The number of anilines is 1. The van der Waals surface area contributed by atoms with Gasteiger partial charge in [0.15, 0.2) is 0 Å². The van der Waals surface area contributed by atoms with Crippen LogP contribution < -0.4 is 5.32 Å².